The van der Waals surface area contributed by atoms with Crippen LogP contribution in [0.2, 0.25) is 0 Å². The molecule has 0 spiro atoms. The standard InChI is InChI=1S/C21H26N4O2S/c1-15-4-7-18(27-15)12-22-21(26)9-6-16-3-2-10-25(13-16)14-17-5-8-19-20(11-17)24-28-23-19/h4-5,7-8,11,16H,2-3,6,9-10,12-14H2,1H3,(H,22,26)/t16-/m1/s1. The van der Waals surface area contributed by atoms with E-state index in [0.717, 1.165) is 48.6 Å². The topological polar surface area (TPSA) is 71.3 Å². The van der Waals surface area contributed by atoms with Crippen molar-refractivity contribution in [2.45, 2.75) is 45.7 Å². The highest BCUT2D eigenvalue weighted by Gasteiger charge is 2.21. The van der Waals surface area contributed by atoms with Crippen LogP contribution in [0.5, 0.6) is 0 Å². The van der Waals surface area contributed by atoms with Crippen LogP contribution in [0.3, 0.4) is 0 Å². The van der Waals surface area contributed by atoms with Crippen molar-refractivity contribution < 1.29 is 9.21 Å². The van der Waals surface area contributed by atoms with Gasteiger partial charge in [-0.3, -0.25) is 9.69 Å². The lowest BCUT2D eigenvalue weighted by Gasteiger charge is -2.32. The van der Waals surface area contributed by atoms with Gasteiger partial charge in [-0.15, -0.1) is 0 Å². The van der Waals surface area contributed by atoms with Crippen LogP contribution in [0.15, 0.2) is 34.7 Å². The number of benzene rings is 1. The number of fused-ring (bicyclic) bond motifs is 1. The predicted molar refractivity (Wildman–Crippen MR) is 110 cm³/mol. The van der Waals surface area contributed by atoms with Crippen LogP contribution in [0, 0.1) is 12.8 Å². The largest absolute Gasteiger partial charge is 0.465 e. The average molecular weight is 399 g/mol. The zero-order chi connectivity index (χ0) is 19.3. The quantitative estimate of drug-likeness (QED) is 0.653. The number of nitrogens with one attached hydrogen (secondary N) is 1. The molecule has 6 nitrogen and oxygen atoms in total. The summed E-state index contributed by atoms with van der Waals surface area (Å²) in [6.07, 6.45) is 3.91. The number of aryl methyl sites for hydroxylation is 1. The average Bonchev–Trinajstić information content (AvgIpc) is 3.33. The molecule has 1 N–H and O–H groups in total. The van der Waals surface area contributed by atoms with Gasteiger partial charge in [0.15, 0.2) is 0 Å². The highest BCUT2D eigenvalue weighted by molar-refractivity contribution is 7.00. The van der Waals surface area contributed by atoms with Gasteiger partial charge in [0.25, 0.3) is 0 Å². The van der Waals surface area contributed by atoms with E-state index in [2.05, 4.69) is 37.2 Å². The monoisotopic (exact) mass is 398 g/mol. The molecule has 1 aliphatic heterocycles. The van der Waals surface area contributed by atoms with E-state index in [1.807, 2.05) is 19.1 Å². The van der Waals surface area contributed by atoms with Crippen LogP contribution in [-0.4, -0.2) is 32.6 Å². The van der Waals surface area contributed by atoms with E-state index in [9.17, 15) is 4.79 Å². The fraction of sp³-hybridized carbons (Fsp3) is 0.476. The van der Waals surface area contributed by atoms with Crippen molar-refractivity contribution in [3.8, 4) is 0 Å². The molecule has 1 saturated heterocycles. The first-order valence-corrected chi connectivity index (χ1v) is 10.6. The van der Waals surface area contributed by atoms with Crippen molar-refractivity contribution >= 4 is 28.7 Å². The van der Waals surface area contributed by atoms with E-state index >= 15 is 0 Å². The van der Waals surface area contributed by atoms with E-state index in [1.54, 1.807) is 0 Å². The van der Waals surface area contributed by atoms with Crippen LogP contribution < -0.4 is 5.32 Å². The van der Waals surface area contributed by atoms with Gasteiger partial charge in [-0.1, -0.05) is 6.07 Å². The van der Waals surface area contributed by atoms with Gasteiger partial charge in [0.1, 0.15) is 22.6 Å². The fourth-order valence-electron chi connectivity index (χ4n) is 3.90. The Labute approximate surface area is 169 Å². The van der Waals surface area contributed by atoms with Crippen LogP contribution in [0.1, 0.15) is 42.8 Å². The zero-order valence-electron chi connectivity index (χ0n) is 16.2. The normalized spacial score (nSPS) is 17.8. The van der Waals surface area contributed by atoms with Crippen LogP contribution >= 0.6 is 11.7 Å². The van der Waals surface area contributed by atoms with Crippen LogP contribution in [0.25, 0.3) is 11.0 Å². The highest BCUT2D eigenvalue weighted by Crippen LogP contribution is 2.23. The summed E-state index contributed by atoms with van der Waals surface area (Å²) < 4.78 is 14.1. The minimum Gasteiger partial charge on any atom is -0.465 e. The Kier molecular flexibility index (Phi) is 6.02. The van der Waals surface area contributed by atoms with Gasteiger partial charge in [0.2, 0.25) is 5.91 Å². The molecule has 28 heavy (non-hydrogen) atoms. The lowest BCUT2D eigenvalue weighted by atomic mass is 9.93. The number of carbonyl (C=O) groups is 1. The minimum absolute atomic E-state index is 0.104. The number of hydrogen-bond donors (Lipinski definition) is 1. The number of rotatable bonds is 7. The SMILES string of the molecule is Cc1ccc(CNC(=O)CC[C@H]2CCCN(Cc3ccc4nsnc4c3)C2)o1. The van der Waals surface area contributed by atoms with Crippen molar-refractivity contribution in [3.05, 3.63) is 47.4 Å². The molecule has 3 heterocycles. The second-order valence-corrected chi connectivity index (χ2v) is 8.19. The summed E-state index contributed by atoms with van der Waals surface area (Å²) in [5, 5.41) is 2.96. The molecule has 1 atom stereocenters. The molecule has 0 bridgehead atoms. The number of piperidine rings is 1. The number of aromatic nitrogens is 2. The summed E-state index contributed by atoms with van der Waals surface area (Å²) >= 11 is 1.26. The Morgan fingerprint density at radius 1 is 1.29 bits per heavy atom. The number of hydrogen-bond acceptors (Lipinski definition) is 6. The van der Waals surface area contributed by atoms with E-state index in [-0.39, 0.29) is 5.91 Å². The van der Waals surface area contributed by atoms with Crippen molar-refractivity contribution in [1.82, 2.24) is 19.0 Å². The van der Waals surface area contributed by atoms with E-state index in [1.165, 1.54) is 30.1 Å². The third-order valence-electron chi connectivity index (χ3n) is 5.36. The Bertz CT molecular complexity index is 935. The second-order valence-electron chi connectivity index (χ2n) is 7.66. The number of likely N-dealkylation sites (tertiary alicyclic amines) is 1. The molecular weight excluding hydrogens is 372 g/mol. The van der Waals surface area contributed by atoms with Crippen molar-refractivity contribution in [2.24, 2.45) is 5.92 Å². The number of nitrogens with zero attached hydrogens (tertiary/aromatic N) is 3. The number of furan rings is 1. The lowest BCUT2D eigenvalue weighted by Crippen LogP contribution is -2.35. The minimum atomic E-state index is 0.104. The van der Waals surface area contributed by atoms with Gasteiger partial charge < -0.3 is 9.73 Å². The summed E-state index contributed by atoms with van der Waals surface area (Å²) in [4.78, 5) is 14.7. The first kappa shape index (κ1) is 19.1. The van der Waals surface area contributed by atoms with Gasteiger partial charge in [0.05, 0.1) is 18.3 Å². The molecule has 0 unspecified atom stereocenters. The van der Waals surface area contributed by atoms with Crippen molar-refractivity contribution in [3.63, 3.8) is 0 Å². The summed E-state index contributed by atoms with van der Waals surface area (Å²) in [6.45, 7) is 5.49. The molecule has 0 saturated carbocycles. The number of amides is 1. The molecule has 1 amide bonds. The third kappa shape index (κ3) is 4.97. The zero-order valence-corrected chi connectivity index (χ0v) is 17.0. The van der Waals surface area contributed by atoms with Crippen LogP contribution in [-0.2, 0) is 17.9 Å². The Morgan fingerprint density at radius 3 is 3.04 bits per heavy atom. The van der Waals surface area contributed by atoms with E-state index in [4.69, 9.17) is 4.42 Å². The van der Waals surface area contributed by atoms with E-state index in [0.29, 0.717) is 18.9 Å². The van der Waals surface area contributed by atoms with Gasteiger partial charge in [-0.05, 0) is 68.5 Å². The molecule has 7 heteroatoms. The molecule has 1 aromatic carbocycles. The van der Waals surface area contributed by atoms with Crippen molar-refractivity contribution in [2.75, 3.05) is 13.1 Å². The van der Waals surface area contributed by atoms with E-state index < -0.39 is 0 Å². The van der Waals surface area contributed by atoms with Gasteiger partial charge in [-0.2, -0.15) is 8.75 Å². The predicted octanol–water partition coefficient (Wildman–Crippen LogP) is 3.90. The van der Waals surface area contributed by atoms with Gasteiger partial charge in [-0.25, -0.2) is 0 Å². The fourth-order valence-corrected chi connectivity index (χ4v) is 4.42. The molecule has 3 aromatic rings. The molecule has 0 radical (unpaired) electrons. The summed E-state index contributed by atoms with van der Waals surface area (Å²) in [7, 11) is 0. The highest BCUT2D eigenvalue weighted by atomic mass is 32.1. The molecule has 4 rings (SSSR count). The Morgan fingerprint density at radius 2 is 2.18 bits per heavy atom. The van der Waals surface area contributed by atoms with Crippen molar-refractivity contribution in [1.29, 1.82) is 0 Å². The molecule has 1 aliphatic rings. The molecule has 2 aromatic heterocycles. The lowest BCUT2D eigenvalue weighted by molar-refractivity contribution is -0.121. The molecule has 148 valence electrons. The first-order valence-electron chi connectivity index (χ1n) is 9.91. The Hall–Kier alpha value is -2.25. The maximum atomic E-state index is 12.2. The summed E-state index contributed by atoms with van der Waals surface area (Å²) in [5.41, 5.74) is 3.24. The van der Waals surface area contributed by atoms with Gasteiger partial charge >= 0.3 is 0 Å². The second kappa shape index (κ2) is 8.84. The Balaban J connectivity index is 1.22. The summed E-state index contributed by atoms with van der Waals surface area (Å²) in [6, 6.07) is 10.2. The molecular formula is C21H26N4O2S. The maximum absolute atomic E-state index is 12.2. The first-order chi connectivity index (χ1) is 13.7. The summed E-state index contributed by atoms with van der Waals surface area (Å²) in [5.74, 6) is 2.36. The van der Waals surface area contributed by atoms with Gasteiger partial charge in [0, 0.05) is 19.5 Å². The maximum Gasteiger partial charge on any atom is 0.220 e. The third-order valence-corrected chi connectivity index (χ3v) is 5.92. The van der Waals surface area contributed by atoms with Crippen LogP contribution in [0.4, 0.5) is 0 Å². The number of carbonyl (C=O) groups excluding carboxylic acids is 1. The smallest absolute Gasteiger partial charge is 0.220 e. The molecule has 1 fully saturated rings. The molecule has 0 aliphatic carbocycles.